The standard InChI is InChI=1S/C24H22N6O3/c1-2-20(31)28-15-12-17(13-15)30-23-21(22(25)26-14-27-23)29(24(30)32)16-8-10-19(11-9-16)33-18-6-4-3-5-7-18/h2-11,14-15,17H,1,12-13H2,(H,28,31)(H2,25,26,27)/t15-,17+. The zero-order valence-electron chi connectivity index (χ0n) is 17.7. The first kappa shape index (κ1) is 20.5. The van der Waals surface area contributed by atoms with E-state index >= 15 is 0 Å². The van der Waals surface area contributed by atoms with Gasteiger partial charge in [-0.3, -0.25) is 13.9 Å². The van der Waals surface area contributed by atoms with Gasteiger partial charge in [-0.1, -0.05) is 24.8 Å². The summed E-state index contributed by atoms with van der Waals surface area (Å²) in [6.07, 6.45) is 3.83. The van der Waals surface area contributed by atoms with E-state index in [-0.39, 0.29) is 29.5 Å². The van der Waals surface area contributed by atoms with Gasteiger partial charge in [-0.25, -0.2) is 14.8 Å². The second-order valence-corrected chi connectivity index (χ2v) is 7.86. The topological polar surface area (TPSA) is 117 Å². The summed E-state index contributed by atoms with van der Waals surface area (Å²) in [4.78, 5) is 33.5. The fourth-order valence-electron chi connectivity index (χ4n) is 4.10. The van der Waals surface area contributed by atoms with Crippen LogP contribution in [0.2, 0.25) is 0 Å². The maximum Gasteiger partial charge on any atom is 0.335 e. The van der Waals surface area contributed by atoms with E-state index in [0.29, 0.717) is 35.4 Å². The molecule has 0 saturated heterocycles. The van der Waals surface area contributed by atoms with Crippen molar-refractivity contribution in [3.05, 3.63) is 84.1 Å². The second kappa shape index (κ2) is 8.27. The van der Waals surface area contributed by atoms with Crippen molar-refractivity contribution < 1.29 is 9.53 Å². The molecule has 166 valence electrons. The largest absolute Gasteiger partial charge is 0.457 e. The highest BCUT2D eigenvalue weighted by molar-refractivity contribution is 5.87. The van der Waals surface area contributed by atoms with Crippen LogP contribution >= 0.6 is 0 Å². The summed E-state index contributed by atoms with van der Waals surface area (Å²) in [5, 5.41) is 2.86. The Hall–Kier alpha value is -4.40. The number of para-hydroxylation sites is 1. The number of fused-ring (bicyclic) bond motifs is 1. The number of amides is 1. The van der Waals surface area contributed by atoms with Gasteiger partial charge in [0.05, 0.1) is 5.69 Å². The van der Waals surface area contributed by atoms with E-state index < -0.39 is 0 Å². The van der Waals surface area contributed by atoms with E-state index in [1.807, 2.05) is 30.3 Å². The summed E-state index contributed by atoms with van der Waals surface area (Å²) in [7, 11) is 0. The lowest BCUT2D eigenvalue weighted by Crippen LogP contribution is -2.46. The smallest absolute Gasteiger partial charge is 0.335 e. The zero-order valence-corrected chi connectivity index (χ0v) is 17.7. The molecule has 1 saturated carbocycles. The van der Waals surface area contributed by atoms with Crippen LogP contribution in [0.25, 0.3) is 16.9 Å². The van der Waals surface area contributed by atoms with Crippen molar-refractivity contribution in [1.29, 1.82) is 0 Å². The van der Waals surface area contributed by atoms with Gasteiger partial charge in [-0.2, -0.15) is 0 Å². The van der Waals surface area contributed by atoms with Crippen molar-refractivity contribution >= 4 is 22.9 Å². The van der Waals surface area contributed by atoms with Gasteiger partial charge in [-0.05, 0) is 55.3 Å². The van der Waals surface area contributed by atoms with Crippen molar-refractivity contribution in [2.24, 2.45) is 0 Å². The molecule has 0 unspecified atom stereocenters. The van der Waals surface area contributed by atoms with Crippen molar-refractivity contribution in [2.45, 2.75) is 24.9 Å². The van der Waals surface area contributed by atoms with Crippen LogP contribution in [0.5, 0.6) is 11.5 Å². The summed E-state index contributed by atoms with van der Waals surface area (Å²) < 4.78 is 9.01. The van der Waals surface area contributed by atoms with Gasteiger partial charge in [0, 0.05) is 12.1 Å². The number of carbonyl (C=O) groups is 1. The molecule has 1 aliphatic carbocycles. The molecule has 4 aromatic rings. The number of nitrogens with two attached hydrogens (primary N) is 1. The number of hydrogen-bond donors (Lipinski definition) is 2. The lowest BCUT2D eigenvalue weighted by molar-refractivity contribution is -0.117. The highest BCUT2D eigenvalue weighted by Crippen LogP contribution is 2.34. The number of nitrogens with one attached hydrogen (secondary N) is 1. The number of ether oxygens (including phenoxy) is 1. The summed E-state index contributed by atoms with van der Waals surface area (Å²) in [5.41, 5.74) is 7.46. The molecule has 0 radical (unpaired) electrons. The predicted molar refractivity (Wildman–Crippen MR) is 124 cm³/mol. The van der Waals surface area contributed by atoms with Gasteiger partial charge >= 0.3 is 5.69 Å². The molecule has 0 spiro atoms. The molecule has 2 aromatic carbocycles. The number of rotatable bonds is 6. The molecule has 9 heteroatoms. The Morgan fingerprint density at radius 1 is 1.09 bits per heavy atom. The van der Waals surface area contributed by atoms with Gasteiger partial charge in [0.25, 0.3) is 0 Å². The highest BCUT2D eigenvalue weighted by atomic mass is 16.5. The third-order valence-electron chi connectivity index (χ3n) is 5.76. The molecule has 5 rings (SSSR count). The Morgan fingerprint density at radius 2 is 1.79 bits per heavy atom. The predicted octanol–water partition coefficient (Wildman–Crippen LogP) is 2.96. The minimum atomic E-state index is -0.257. The number of carbonyl (C=O) groups excluding carboxylic acids is 1. The molecule has 9 nitrogen and oxygen atoms in total. The molecule has 0 atom stereocenters. The summed E-state index contributed by atoms with van der Waals surface area (Å²) >= 11 is 0. The van der Waals surface area contributed by atoms with Gasteiger partial charge in [-0.15, -0.1) is 0 Å². The van der Waals surface area contributed by atoms with Crippen molar-refractivity contribution in [1.82, 2.24) is 24.4 Å². The van der Waals surface area contributed by atoms with Gasteiger partial charge < -0.3 is 15.8 Å². The Morgan fingerprint density at radius 3 is 2.48 bits per heavy atom. The fourth-order valence-corrected chi connectivity index (χ4v) is 4.10. The highest BCUT2D eigenvalue weighted by Gasteiger charge is 2.35. The van der Waals surface area contributed by atoms with E-state index in [0.717, 1.165) is 5.75 Å². The number of hydrogen-bond acceptors (Lipinski definition) is 6. The van der Waals surface area contributed by atoms with Crippen LogP contribution in [0.15, 0.2) is 78.4 Å². The third-order valence-corrected chi connectivity index (χ3v) is 5.76. The molecular weight excluding hydrogens is 420 g/mol. The van der Waals surface area contributed by atoms with Crippen LogP contribution < -0.4 is 21.5 Å². The van der Waals surface area contributed by atoms with E-state index in [9.17, 15) is 9.59 Å². The number of anilines is 1. The van der Waals surface area contributed by atoms with E-state index in [1.54, 1.807) is 28.8 Å². The first-order chi connectivity index (χ1) is 16.0. The quantitative estimate of drug-likeness (QED) is 0.444. The number of imidazole rings is 1. The Balaban J connectivity index is 1.49. The van der Waals surface area contributed by atoms with Crippen molar-refractivity contribution in [3.63, 3.8) is 0 Å². The van der Waals surface area contributed by atoms with Crippen molar-refractivity contribution in [3.8, 4) is 17.2 Å². The van der Waals surface area contributed by atoms with Crippen LogP contribution in [0, 0.1) is 0 Å². The first-order valence-corrected chi connectivity index (χ1v) is 10.5. The lowest BCUT2D eigenvalue weighted by atomic mass is 9.86. The fraction of sp³-hybridized carbons (Fsp3) is 0.167. The molecule has 33 heavy (non-hydrogen) atoms. The maximum absolute atomic E-state index is 13.5. The van der Waals surface area contributed by atoms with Crippen LogP contribution in [0.3, 0.4) is 0 Å². The average molecular weight is 442 g/mol. The monoisotopic (exact) mass is 442 g/mol. The molecular formula is C24H22N6O3. The molecule has 0 aliphatic heterocycles. The molecule has 1 fully saturated rings. The maximum atomic E-state index is 13.5. The molecule has 3 N–H and O–H groups in total. The molecule has 1 amide bonds. The summed E-state index contributed by atoms with van der Waals surface area (Å²) in [6.45, 7) is 3.47. The van der Waals surface area contributed by atoms with Crippen LogP contribution in [0.1, 0.15) is 18.9 Å². The minimum absolute atomic E-state index is 0.0144. The Labute approximate surface area is 189 Å². The number of nitrogen functional groups attached to an aromatic ring is 1. The van der Waals surface area contributed by atoms with Crippen molar-refractivity contribution in [2.75, 3.05) is 5.73 Å². The number of benzene rings is 2. The minimum Gasteiger partial charge on any atom is -0.457 e. The summed E-state index contributed by atoms with van der Waals surface area (Å²) in [6, 6.07) is 16.5. The van der Waals surface area contributed by atoms with Crippen LogP contribution in [-0.4, -0.2) is 31.1 Å². The van der Waals surface area contributed by atoms with E-state index in [2.05, 4.69) is 21.9 Å². The molecule has 0 bridgehead atoms. The zero-order chi connectivity index (χ0) is 22.9. The summed E-state index contributed by atoms with van der Waals surface area (Å²) in [5.74, 6) is 1.36. The van der Waals surface area contributed by atoms with Crippen LogP contribution in [0.4, 0.5) is 5.82 Å². The van der Waals surface area contributed by atoms with Gasteiger partial charge in [0.2, 0.25) is 5.91 Å². The average Bonchev–Trinajstić information content (AvgIpc) is 3.10. The van der Waals surface area contributed by atoms with E-state index in [1.165, 1.54) is 17.0 Å². The second-order valence-electron chi connectivity index (χ2n) is 7.86. The Bertz CT molecular complexity index is 1390. The first-order valence-electron chi connectivity index (χ1n) is 10.5. The molecule has 1 aliphatic rings. The van der Waals surface area contributed by atoms with Gasteiger partial charge in [0.1, 0.15) is 23.3 Å². The SMILES string of the molecule is C=CC(=O)N[C@H]1C[C@@H](n2c(=O)n(-c3ccc(Oc4ccccc4)cc3)c3c(N)ncnc32)C1. The number of aromatic nitrogens is 4. The molecule has 2 aromatic heterocycles. The van der Waals surface area contributed by atoms with E-state index in [4.69, 9.17) is 10.5 Å². The number of nitrogens with zero attached hydrogens (tertiary/aromatic N) is 4. The normalized spacial score (nSPS) is 17.3. The van der Waals surface area contributed by atoms with Gasteiger partial charge in [0.15, 0.2) is 11.5 Å². The lowest BCUT2D eigenvalue weighted by Gasteiger charge is -2.35. The third kappa shape index (κ3) is 3.73. The van der Waals surface area contributed by atoms with Crippen LogP contribution in [-0.2, 0) is 4.79 Å². The Kier molecular flexibility index (Phi) is 5.14. The molecule has 2 heterocycles.